The van der Waals surface area contributed by atoms with Crippen LogP contribution in [0.4, 0.5) is 0 Å². The fourth-order valence-electron chi connectivity index (χ4n) is 1.69. The van der Waals surface area contributed by atoms with Crippen molar-refractivity contribution < 1.29 is 9.90 Å². The Morgan fingerprint density at radius 1 is 1.27 bits per heavy atom. The summed E-state index contributed by atoms with van der Waals surface area (Å²) in [5.41, 5.74) is 0. The Labute approximate surface area is 92.9 Å². The Bertz CT molecular complexity index is 195. The minimum Gasteiger partial charge on any atom is -0.481 e. The fourth-order valence-corrected chi connectivity index (χ4v) is 1.69. The molecule has 0 aliphatic rings. The highest BCUT2D eigenvalue weighted by atomic mass is 16.4. The van der Waals surface area contributed by atoms with Gasteiger partial charge in [-0.3, -0.25) is 9.69 Å². The first-order valence-electron chi connectivity index (χ1n) is 5.50. The SMILES string of the molecule is CCN(CC(C)C(=O)O)C(C)CN(C)C. The Morgan fingerprint density at radius 3 is 2.13 bits per heavy atom. The van der Waals surface area contributed by atoms with Crippen LogP contribution in [0.15, 0.2) is 0 Å². The van der Waals surface area contributed by atoms with Crippen LogP contribution in [0.3, 0.4) is 0 Å². The van der Waals surface area contributed by atoms with Crippen LogP contribution in [0.25, 0.3) is 0 Å². The summed E-state index contributed by atoms with van der Waals surface area (Å²) in [6.07, 6.45) is 0. The Morgan fingerprint density at radius 2 is 1.80 bits per heavy atom. The molecule has 0 spiro atoms. The zero-order valence-corrected chi connectivity index (χ0v) is 10.5. The number of likely N-dealkylation sites (N-methyl/N-ethyl adjacent to an activating group) is 2. The van der Waals surface area contributed by atoms with E-state index in [4.69, 9.17) is 5.11 Å². The summed E-state index contributed by atoms with van der Waals surface area (Å²) in [5.74, 6) is -1.01. The first kappa shape index (κ1) is 14.4. The molecule has 2 atom stereocenters. The monoisotopic (exact) mass is 216 g/mol. The van der Waals surface area contributed by atoms with Crippen LogP contribution in [0.1, 0.15) is 20.8 Å². The lowest BCUT2D eigenvalue weighted by atomic mass is 10.1. The van der Waals surface area contributed by atoms with Crippen LogP contribution >= 0.6 is 0 Å². The van der Waals surface area contributed by atoms with E-state index >= 15 is 0 Å². The van der Waals surface area contributed by atoms with Gasteiger partial charge in [0.1, 0.15) is 0 Å². The maximum Gasteiger partial charge on any atom is 0.307 e. The van der Waals surface area contributed by atoms with Gasteiger partial charge in [0.25, 0.3) is 0 Å². The van der Waals surface area contributed by atoms with Crippen molar-refractivity contribution in [1.82, 2.24) is 9.80 Å². The summed E-state index contributed by atoms with van der Waals surface area (Å²) in [7, 11) is 4.07. The fraction of sp³-hybridized carbons (Fsp3) is 0.909. The second-order valence-corrected chi connectivity index (χ2v) is 4.44. The van der Waals surface area contributed by atoms with Gasteiger partial charge in [0.2, 0.25) is 0 Å². The summed E-state index contributed by atoms with van der Waals surface area (Å²) in [4.78, 5) is 15.1. The van der Waals surface area contributed by atoms with Gasteiger partial charge in [-0.1, -0.05) is 13.8 Å². The topological polar surface area (TPSA) is 43.8 Å². The van der Waals surface area contributed by atoms with Gasteiger partial charge in [-0.25, -0.2) is 0 Å². The van der Waals surface area contributed by atoms with E-state index in [1.54, 1.807) is 6.92 Å². The van der Waals surface area contributed by atoms with Gasteiger partial charge in [-0.2, -0.15) is 0 Å². The molecule has 0 aromatic carbocycles. The lowest BCUT2D eigenvalue weighted by Gasteiger charge is -2.31. The molecule has 0 amide bonds. The summed E-state index contributed by atoms with van der Waals surface area (Å²) in [5, 5.41) is 8.85. The van der Waals surface area contributed by atoms with E-state index in [-0.39, 0.29) is 5.92 Å². The number of carbonyl (C=O) groups is 1. The predicted molar refractivity (Wildman–Crippen MR) is 62.1 cm³/mol. The number of hydrogen-bond donors (Lipinski definition) is 1. The van der Waals surface area contributed by atoms with Gasteiger partial charge in [0.15, 0.2) is 0 Å². The van der Waals surface area contributed by atoms with Crippen molar-refractivity contribution in [3.05, 3.63) is 0 Å². The number of rotatable bonds is 7. The van der Waals surface area contributed by atoms with Crippen molar-refractivity contribution in [1.29, 1.82) is 0 Å². The summed E-state index contributed by atoms with van der Waals surface area (Å²) < 4.78 is 0. The van der Waals surface area contributed by atoms with Crippen LogP contribution in [-0.4, -0.2) is 60.6 Å². The average molecular weight is 216 g/mol. The van der Waals surface area contributed by atoms with Gasteiger partial charge < -0.3 is 10.0 Å². The second-order valence-electron chi connectivity index (χ2n) is 4.44. The third-order valence-corrected chi connectivity index (χ3v) is 2.59. The van der Waals surface area contributed by atoms with Crippen LogP contribution in [0.5, 0.6) is 0 Å². The molecule has 0 aromatic heterocycles. The Hall–Kier alpha value is -0.610. The number of carboxylic acid groups (broad SMARTS) is 1. The highest BCUT2D eigenvalue weighted by molar-refractivity contribution is 5.69. The molecule has 90 valence electrons. The molecule has 0 saturated heterocycles. The molecule has 0 saturated carbocycles. The van der Waals surface area contributed by atoms with Crippen LogP contribution in [-0.2, 0) is 4.79 Å². The van der Waals surface area contributed by atoms with Crippen molar-refractivity contribution in [3.63, 3.8) is 0 Å². The maximum absolute atomic E-state index is 10.8. The molecule has 0 fully saturated rings. The van der Waals surface area contributed by atoms with Gasteiger partial charge in [-0.15, -0.1) is 0 Å². The summed E-state index contributed by atoms with van der Waals surface area (Å²) in [6, 6.07) is 0.395. The zero-order valence-electron chi connectivity index (χ0n) is 10.5. The molecule has 0 aromatic rings. The van der Waals surface area contributed by atoms with Crippen molar-refractivity contribution in [2.75, 3.05) is 33.7 Å². The third-order valence-electron chi connectivity index (χ3n) is 2.59. The number of aliphatic carboxylic acids is 1. The van der Waals surface area contributed by atoms with Gasteiger partial charge >= 0.3 is 5.97 Å². The van der Waals surface area contributed by atoms with Crippen molar-refractivity contribution in [3.8, 4) is 0 Å². The van der Waals surface area contributed by atoms with E-state index in [1.165, 1.54) is 0 Å². The van der Waals surface area contributed by atoms with Gasteiger partial charge in [0, 0.05) is 19.1 Å². The average Bonchev–Trinajstić information content (AvgIpc) is 2.11. The van der Waals surface area contributed by atoms with E-state index in [0.29, 0.717) is 12.6 Å². The lowest BCUT2D eigenvalue weighted by molar-refractivity contribution is -0.141. The molecule has 0 heterocycles. The first-order chi connectivity index (χ1) is 6.88. The van der Waals surface area contributed by atoms with Crippen molar-refractivity contribution in [2.24, 2.45) is 5.92 Å². The minimum atomic E-state index is -0.717. The molecule has 0 aliphatic heterocycles. The highest BCUT2D eigenvalue weighted by Crippen LogP contribution is 2.05. The molecule has 15 heavy (non-hydrogen) atoms. The lowest BCUT2D eigenvalue weighted by Crippen LogP contribution is -2.43. The first-order valence-corrected chi connectivity index (χ1v) is 5.50. The number of hydrogen-bond acceptors (Lipinski definition) is 3. The minimum absolute atomic E-state index is 0.297. The van der Waals surface area contributed by atoms with Crippen LogP contribution in [0, 0.1) is 5.92 Å². The quantitative estimate of drug-likeness (QED) is 0.689. The molecule has 4 nitrogen and oxygen atoms in total. The maximum atomic E-state index is 10.8. The zero-order chi connectivity index (χ0) is 12.0. The van der Waals surface area contributed by atoms with Crippen molar-refractivity contribution >= 4 is 5.97 Å². The van der Waals surface area contributed by atoms with E-state index in [0.717, 1.165) is 13.1 Å². The molecular formula is C11H24N2O2. The molecular weight excluding hydrogens is 192 g/mol. The van der Waals surface area contributed by atoms with Crippen LogP contribution < -0.4 is 0 Å². The van der Waals surface area contributed by atoms with E-state index in [1.807, 2.05) is 14.1 Å². The third kappa shape index (κ3) is 5.74. The normalized spacial score (nSPS) is 15.7. The molecule has 2 unspecified atom stereocenters. The molecule has 0 aliphatic carbocycles. The molecule has 4 heteroatoms. The summed E-state index contributed by atoms with van der Waals surface area (Å²) in [6.45, 7) is 8.44. The number of nitrogens with zero attached hydrogens (tertiary/aromatic N) is 2. The predicted octanol–water partition coefficient (Wildman–Crippen LogP) is 0.979. The molecule has 1 N–H and O–H groups in total. The highest BCUT2D eigenvalue weighted by Gasteiger charge is 2.19. The van der Waals surface area contributed by atoms with Gasteiger partial charge in [0.05, 0.1) is 5.92 Å². The molecule has 0 rings (SSSR count). The Kier molecular flexibility index (Phi) is 6.52. The van der Waals surface area contributed by atoms with Gasteiger partial charge in [-0.05, 0) is 27.6 Å². The van der Waals surface area contributed by atoms with E-state index in [2.05, 4.69) is 23.6 Å². The largest absolute Gasteiger partial charge is 0.481 e. The second kappa shape index (κ2) is 6.80. The number of carboxylic acids is 1. The molecule has 0 bridgehead atoms. The van der Waals surface area contributed by atoms with E-state index < -0.39 is 5.97 Å². The van der Waals surface area contributed by atoms with E-state index in [9.17, 15) is 4.79 Å². The standard InChI is InChI=1S/C11H24N2O2/c1-6-13(7-9(2)11(14)15)10(3)8-12(4)5/h9-10H,6-8H2,1-5H3,(H,14,15). The smallest absolute Gasteiger partial charge is 0.307 e. The summed E-state index contributed by atoms with van der Waals surface area (Å²) >= 11 is 0. The Balaban J connectivity index is 4.17. The van der Waals surface area contributed by atoms with Crippen LogP contribution in [0.2, 0.25) is 0 Å². The van der Waals surface area contributed by atoms with Crippen molar-refractivity contribution in [2.45, 2.75) is 26.8 Å². The molecule has 0 radical (unpaired) electrons.